The molecule has 6 heteroatoms. The lowest BCUT2D eigenvalue weighted by molar-refractivity contribution is -0.143. The molecule has 1 amide bonds. The fourth-order valence-corrected chi connectivity index (χ4v) is 2.12. The number of aryl methyl sites for hydroxylation is 1. The molecule has 1 saturated carbocycles. The van der Waals surface area contributed by atoms with Gasteiger partial charge in [-0.2, -0.15) is 0 Å². The van der Waals surface area contributed by atoms with Crippen LogP contribution in [0.5, 0.6) is 0 Å². The summed E-state index contributed by atoms with van der Waals surface area (Å²) >= 11 is 3.14. The Balaban J connectivity index is 1.99. The molecule has 2 rings (SSSR count). The Kier molecular flexibility index (Phi) is 2.99. The van der Waals surface area contributed by atoms with Crippen molar-refractivity contribution in [2.24, 2.45) is 5.41 Å². The molecule has 0 aliphatic heterocycles. The van der Waals surface area contributed by atoms with Gasteiger partial charge in [-0.3, -0.25) is 9.59 Å². The number of halogens is 1. The van der Waals surface area contributed by atoms with Crippen molar-refractivity contribution in [3.05, 3.63) is 22.1 Å². The van der Waals surface area contributed by atoms with Crippen LogP contribution in [0.15, 0.2) is 15.2 Å². The number of carboxylic acid groups (broad SMARTS) is 1. The molecule has 0 radical (unpaired) electrons. The number of furan rings is 1. The Morgan fingerprint density at radius 2 is 2.24 bits per heavy atom. The third kappa shape index (κ3) is 2.36. The molecule has 5 nitrogen and oxygen atoms in total. The van der Waals surface area contributed by atoms with Crippen LogP contribution in [-0.4, -0.2) is 23.5 Å². The van der Waals surface area contributed by atoms with Crippen molar-refractivity contribution in [3.8, 4) is 0 Å². The normalized spacial score (nSPS) is 16.6. The van der Waals surface area contributed by atoms with E-state index >= 15 is 0 Å². The molecule has 1 aromatic rings. The summed E-state index contributed by atoms with van der Waals surface area (Å²) in [6.07, 6.45) is 1.23. The van der Waals surface area contributed by atoms with Crippen LogP contribution in [-0.2, 0) is 4.79 Å². The Labute approximate surface area is 106 Å². The van der Waals surface area contributed by atoms with Crippen molar-refractivity contribution in [3.63, 3.8) is 0 Å². The Bertz CT molecular complexity index is 476. The molecular formula is C11H12BrNO4. The lowest BCUT2D eigenvalue weighted by atomic mass is 10.1. The maximum absolute atomic E-state index is 11.8. The van der Waals surface area contributed by atoms with Gasteiger partial charge >= 0.3 is 5.97 Å². The van der Waals surface area contributed by atoms with Gasteiger partial charge in [0.25, 0.3) is 5.91 Å². The molecule has 1 aliphatic carbocycles. The molecule has 17 heavy (non-hydrogen) atoms. The van der Waals surface area contributed by atoms with E-state index < -0.39 is 11.4 Å². The van der Waals surface area contributed by atoms with Gasteiger partial charge in [-0.15, -0.1) is 0 Å². The first-order chi connectivity index (χ1) is 7.94. The average molecular weight is 302 g/mol. The van der Waals surface area contributed by atoms with Gasteiger partial charge in [-0.05, 0) is 41.8 Å². The lowest BCUT2D eigenvalue weighted by Gasteiger charge is -2.10. The minimum absolute atomic E-state index is 0.152. The van der Waals surface area contributed by atoms with E-state index in [1.54, 1.807) is 13.0 Å². The molecule has 0 aromatic carbocycles. The largest absolute Gasteiger partial charge is 0.481 e. The van der Waals surface area contributed by atoms with Crippen molar-refractivity contribution >= 4 is 27.8 Å². The van der Waals surface area contributed by atoms with Crippen LogP contribution in [0.2, 0.25) is 0 Å². The van der Waals surface area contributed by atoms with E-state index in [-0.39, 0.29) is 18.2 Å². The van der Waals surface area contributed by atoms with E-state index in [0.29, 0.717) is 17.5 Å². The Morgan fingerprint density at radius 3 is 2.65 bits per heavy atom. The van der Waals surface area contributed by atoms with E-state index in [4.69, 9.17) is 9.52 Å². The van der Waals surface area contributed by atoms with Gasteiger partial charge in [0.15, 0.2) is 10.4 Å². The molecule has 1 fully saturated rings. The minimum atomic E-state index is -0.852. The Hall–Kier alpha value is -1.30. The number of carboxylic acids is 1. The number of carbonyl (C=O) groups excluding carboxylic acids is 1. The third-order valence-corrected chi connectivity index (χ3v) is 3.38. The monoisotopic (exact) mass is 301 g/mol. The summed E-state index contributed by atoms with van der Waals surface area (Å²) in [4.78, 5) is 22.7. The van der Waals surface area contributed by atoms with Crippen LogP contribution in [0.25, 0.3) is 0 Å². The molecule has 1 aliphatic rings. The van der Waals surface area contributed by atoms with Crippen LogP contribution in [0.3, 0.4) is 0 Å². The molecule has 0 atom stereocenters. The second-order valence-electron chi connectivity index (χ2n) is 4.33. The van der Waals surface area contributed by atoms with Crippen LogP contribution < -0.4 is 5.32 Å². The van der Waals surface area contributed by atoms with Crippen molar-refractivity contribution in [2.45, 2.75) is 19.8 Å². The average Bonchev–Trinajstić information content (AvgIpc) is 2.97. The Morgan fingerprint density at radius 1 is 1.59 bits per heavy atom. The second kappa shape index (κ2) is 4.18. The van der Waals surface area contributed by atoms with Crippen LogP contribution >= 0.6 is 15.9 Å². The zero-order valence-electron chi connectivity index (χ0n) is 9.25. The molecule has 1 aromatic heterocycles. The van der Waals surface area contributed by atoms with Gasteiger partial charge in [0.05, 0.1) is 5.41 Å². The quantitative estimate of drug-likeness (QED) is 0.891. The van der Waals surface area contributed by atoms with Crippen LogP contribution in [0.1, 0.15) is 29.0 Å². The summed E-state index contributed by atoms with van der Waals surface area (Å²) in [5, 5.41) is 11.6. The lowest BCUT2D eigenvalue weighted by Crippen LogP contribution is -2.34. The zero-order valence-corrected chi connectivity index (χ0v) is 10.8. The van der Waals surface area contributed by atoms with Crippen LogP contribution in [0, 0.1) is 12.3 Å². The molecule has 0 unspecified atom stereocenters. The number of carbonyl (C=O) groups is 2. The fraction of sp³-hybridized carbons (Fsp3) is 0.455. The summed E-state index contributed by atoms with van der Waals surface area (Å²) in [6, 6.07) is 1.69. The van der Waals surface area contributed by atoms with E-state index in [1.165, 1.54) is 0 Å². The predicted molar refractivity (Wildman–Crippen MR) is 62.8 cm³/mol. The van der Waals surface area contributed by atoms with Gasteiger partial charge in [0.1, 0.15) is 0 Å². The summed E-state index contributed by atoms with van der Waals surface area (Å²) in [5.74, 6) is -1.01. The highest BCUT2D eigenvalue weighted by Gasteiger charge is 2.50. The van der Waals surface area contributed by atoms with Crippen molar-refractivity contribution in [2.75, 3.05) is 6.54 Å². The predicted octanol–water partition coefficient (Wildman–Crippen LogP) is 1.95. The maximum atomic E-state index is 11.8. The second-order valence-corrected chi connectivity index (χ2v) is 5.11. The molecule has 0 saturated heterocycles. The first kappa shape index (κ1) is 12.2. The molecule has 92 valence electrons. The minimum Gasteiger partial charge on any atom is -0.481 e. The number of hydrogen-bond donors (Lipinski definition) is 2. The highest BCUT2D eigenvalue weighted by Crippen LogP contribution is 2.45. The molecule has 2 N–H and O–H groups in total. The highest BCUT2D eigenvalue weighted by molar-refractivity contribution is 9.10. The zero-order chi connectivity index (χ0) is 12.6. The van der Waals surface area contributed by atoms with Gasteiger partial charge in [0, 0.05) is 12.1 Å². The first-order valence-corrected chi connectivity index (χ1v) is 6.01. The maximum Gasteiger partial charge on any atom is 0.311 e. The van der Waals surface area contributed by atoms with E-state index in [1.807, 2.05) is 0 Å². The van der Waals surface area contributed by atoms with E-state index in [9.17, 15) is 9.59 Å². The van der Waals surface area contributed by atoms with Gasteiger partial charge in [-0.1, -0.05) is 0 Å². The molecule has 0 spiro atoms. The third-order valence-electron chi connectivity index (χ3n) is 2.99. The topological polar surface area (TPSA) is 79.5 Å². The van der Waals surface area contributed by atoms with Crippen LogP contribution in [0.4, 0.5) is 0 Å². The number of amides is 1. The molecular weight excluding hydrogens is 290 g/mol. The fourth-order valence-electron chi connectivity index (χ4n) is 1.62. The molecule has 0 bridgehead atoms. The van der Waals surface area contributed by atoms with E-state index in [2.05, 4.69) is 21.2 Å². The SMILES string of the molecule is Cc1cc(Br)oc1C(=O)NCC1(C(=O)O)CC1. The van der Waals surface area contributed by atoms with Crippen molar-refractivity contribution in [1.29, 1.82) is 0 Å². The van der Waals surface area contributed by atoms with Gasteiger partial charge in [-0.25, -0.2) is 0 Å². The number of nitrogens with one attached hydrogen (secondary N) is 1. The summed E-state index contributed by atoms with van der Waals surface area (Å²) < 4.78 is 5.67. The highest BCUT2D eigenvalue weighted by atomic mass is 79.9. The smallest absolute Gasteiger partial charge is 0.311 e. The summed E-state index contributed by atoms with van der Waals surface area (Å²) in [5.41, 5.74) is -0.0394. The van der Waals surface area contributed by atoms with Crippen molar-refractivity contribution in [1.82, 2.24) is 5.32 Å². The van der Waals surface area contributed by atoms with E-state index in [0.717, 1.165) is 5.56 Å². The summed E-state index contributed by atoms with van der Waals surface area (Å²) in [6.45, 7) is 1.91. The number of hydrogen-bond acceptors (Lipinski definition) is 3. The summed E-state index contributed by atoms with van der Waals surface area (Å²) in [7, 11) is 0. The van der Waals surface area contributed by atoms with Gasteiger partial charge < -0.3 is 14.8 Å². The molecule has 1 heterocycles. The van der Waals surface area contributed by atoms with Gasteiger partial charge in [0.2, 0.25) is 0 Å². The first-order valence-electron chi connectivity index (χ1n) is 5.22. The number of rotatable bonds is 4. The standard InChI is InChI=1S/C11H12BrNO4/c1-6-4-7(12)17-8(6)9(14)13-5-11(2-3-11)10(15)16/h4H,2-3,5H2,1H3,(H,13,14)(H,15,16). The van der Waals surface area contributed by atoms with Crippen molar-refractivity contribution < 1.29 is 19.1 Å². The number of aliphatic carboxylic acids is 1.